The fraction of sp³-hybridized carbons (Fsp3) is 0.741. The maximum Gasteiger partial charge on any atom is 0.302 e. The molecule has 1 aromatic rings. The number of allylic oxidation sites excluding steroid dienone is 1. The van der Waals surface area contributed by atoms with Crippen molar-refractivity contribution in [3.63, 3.8) is 0 Å². The minimum Gasteiger partial charge on any atom is -0.477 e. The fourth-order valence-electron chi connectivity index (χ4n) is 7.28. The predicted molar refractivity (Wildman–Crippen MR) is 125 cm³/mol. The zero-order chi connectivity index (χ0) is 22.9. The minimum atomic E-state index is -0.142. The maximum absolute atomic E-state index is 12.2. The van der Waals surface area contributed by atoms with Crippen molar-refractivity contribution in [3.8, 4) is 5.88 Å². The number of esters is 1. The van der Waals surface area contributed by atoms with Crippen LogP contribution in [0.1, 0.15) is 79.1 Å². The Hall–Kier alpha value is -1.91. The van der Waals surface area contributed by atoms with Gasteiger partial charge in [0.15, 0.2) is 0 Å². The van der Waals surface area contributed by atoms with E-state index in [4.69, 9.17) is 9.47 Å². The number of hydrogen-bond acceptors (Lipinski definition) is 5. The molecule has 0 saturated heterocycles. The normalized spacial score (nSPS) is 39.4. The highest BCUT2D eigenvalue weighted by molar-refractivity contribution is 5.66. The molecule has 3 aliphatic rings. The molecule has 3 saturated carbocycles. The van der Waals surface area contributed by atoms with Crippen LogP contribution in [0, 0.1) is 34.5 Å². The number of aromatic nitrogens is 2. The van der Waals surface area contributed by atoms with Gasteiger partial charge in [0.2, 0.25) is 5.88 Å². The van der Waals surface area contributed by atoms with Gasteiger partial charge in [0.05, 0.1) is 12.8 Å². The molecule has 7 atom stereocenters. The second-order valence-electron chi connectivity index (χ2n) is 11.1. The number of rotatable bonds is 6. The van der Waals surface area contributed by atoms with Gasteiger partial charge in [-0.3, -0.25) is 9.78 Å². The summed E-state index contributed by atoms with van der Waals surface area (Å²) in [6.45, 7) is 13.8. The summed E-state index contributed by atoms with van der Waals surface area (Å²) in [7, 11) is 0. The van der Waals surface area contributed by atoms with E-state index in [0.29, 0.717) is 30.2 Å². The molecule has 1 heterocycles. The van der Waals surface area contributed by atoms with E-state index in [1.165, 1.54) is 24.8 Å². The third kappa shape index (κ3) is 4.32. The van der Waals surface area contributed by atoms with E-state index in [1.807, 2.05) is 0 Å². The lowest BCUT2D eigenvalue weighted by Crippen LogP contribution is -2.53. The van der Waals surface area contributed by atoms with Gasteiger partial charge in [-0.25, -0.2) is 4.98 Å². The van der Waals surface area contributed by atoms with E-state index < -0.39 is 0 Å². The summed E-state index contributed by atoms with van der Waals surface area (Å²) < 4.78 is 12.1. The van der Waals surface area contributed by atoms with E-state index in [9.17, 15) is 4.79 Å². The summed E-state index contributed by atoms with van der Waals surface area (Å²) in [4.78, 5) is 20.6. The second-order valence-corrected chi connectivity index (χ2v) is 11.1. The van der Waals surface area contributed by atoms with Crippen LogP contribution in [0.3, 0.4) is 0 Å². The van der Waals surface area contributed by atoms with E-state index in [0.717, 1.165) is 38.0 Å². The highest BCUT2D eigenvalue weighted by atomic mass is 16.5. The number of ether oxygens (including phenoxy) is 2. The van der Waals surface area contributed by atoms with Crippen LogP contribution in [-0.4, -0.2) is 28.6 Å². The molecule has 5 heteroatoms. The molecule has 3 aliphatic carbocycles. The van der Waals surface area contributed by atoms with Crippen LogP contribution in [0.2, 0.25) is 0 Å². The zero-order valence-electron chi connectivity index (χ0n) is 20.3. The maximum atomic E-state index is 12.2. The summed E-state index contributed by atoms with van der Waals surface area (Å²) >= 11 is 0. The molecule has 3 fully saturated rings. The standard InChI is InChI=1S/C27H40N2O3/c1-18-8-11-27(5,21(16-18)10-15-31-24-17-28-13-14-29-24)23-9-12-26(4)19(2)6-7-22(26)25(23)32-20(3)30/h13-14,17-18,21-23,25H,2,6-12,15-16H2,1,3-5H3/t18-,21-,22-,23-,25-,26+,27-/m0/s1. The number of carbonyl (C=O) groups excluding carboxylic acids is 1. The van der Waals surface area contributed by atoms with Crippen LogP contribution >= 0.6 is 0 Å². The molecule has 0 amide bonds. The average molecular weight is 441 g/mol. The second kappa shape index (κ2) is 9.15. The molecular formula is C27H40N2O3. The van der Waals surface area contributed by atoms with E-state index in [1.54, 1.807) is 25.5 Å². The average Bonchev–Trinajstić information content (AvgIpc) is 3.06. The van der Waals surface area contributed by atoms with E-state index >= 15 is 0 Å². The van der Waals surface area contributed by atoms with Gasteiger partial charge in [0.25, 0.3) is 0 Å². The minimum absolute atomic E-state index is 0.00712. The van der Waals surface area contributed by atoms with Crippen molar-refractivity contribution in [2.75, 3.05) is 6.61 Å². The van der Waals surface area contributed by atoms with Crippen LogP contribution in [0.25, 0.3) is 0 Å². The van der Waals surface area contributed by atoms with E-state index in [2.05, 4.69) is 37.3 Å². The summed E-state index contributed by atoms with van der Waals surface area (Å²) in [6, 6.07) is 0. The van der Waals surface area contributed by atoms with Crippen molar-refractivity contribution in [1.29, 1.82) is 0 Å². The first-order valence-electron chi connectivity index (χ1n) is 12.5. The molecule has 0 aromatic carbocycles. The quantitative estimate of drug-likeness (QED) is 0.401. The molecule has 0 spiro atoms. The SMILES string of the molecule is C=C1CC[C@H]2[C@H](OC(C)=O)[C@@H]([C@@]3(C)CC[C@H](C)C[C@@H]3CCOc3cnccn3)CC[C@]12C. The lowest BCUT2D eigenvalue weighted by atomic mass is 9.51. The van der Waals surface area contributed by atoms with Crippen LogP contribution < -0.4 is 4.74 Å². The van der Waals surface area contributed by atoms with Crippen LogP contribution in [0.4, 0.5) is 0 Å². The Kier molecular flexibility index (Phi) is 6.65. The summed E-state index contributed by atoms with van der Waals surface area (Å²) in [6.07, 6.45) is 14.1. The Morgan fingerprint density at radius 2 is 2.00 bits per heavy atom. The van der Waals surface area contributed by atoms with Crippen molar-refractivity contribution in [1.82, 2.24) is 9.97 Å². The smallest absolute Gasteiger partial charge is 0.302 e. The Labute approximate surface area is 193 Å². The third-order valence-corrected chi connectivity index (χ3v) is 9.35. The lowest BCUT2D eigenvalue weighted by molar-refractivity contribution is -0.172. The zero-order valence-corrected chi connectivity index (χ0v) is 20.3. The molecule has 1 aromatic heterocycles. The summed E-state index contributed by atoms with van der Waals surface area (Å²) in [5.74, 6) is 2.50. The molecule has 32 heavy (non-hydrogen) atoms. The molecule has 0 unspecified atom stereocenters. The lowest BCUT2D eigenvalue weighted by Gasteiger charge is -2.56. The van der Waals surface area contributed by atoms with Gasteiger partial charge in [-0.2, -0.15) is 0 Å². The molecule has 0 radical (unpaired) electrons. The van der Waals surface area contributed by atoms with Gasteiger partial charge in [-0.15, -0.1) is 0 Å². The molecular weight excluding hydrogens is 400 g/mol. The molecule has 0 N–H and O–H groups in total. The number of fused-ring (bicyclic) bond motifs is 1. The molecule has 0 bridgehead atoms. The number of carbonyl (C=O) groups is 1. The highest BCUT2D eigenvalue weighted by Crippen LogP contribution is 2.62. The highest BCUT2D eigenvalue weighted by Gasteiger charge is 2.58. The Morgan fingerprint density at radius 3 is 2.72 bits per heavy atom. The van der Waals surface area contributed by atoms with Gasteiger partial charge in [0.1, 0.15) is 6.10 Å². The topological polar surface area (TPSA) is 61.3 Å². The number of hydrogen-bond donors (Lipinski definition) is 0. The molecule has 5 nitrogen and oxygen atoms in total. The summed E-state index contributed by atoms with van der Waals surface area (Å²) in [5.41, 5.74) is 1.61. The van der Waals surface area contributed by atoms with Gasteiger partial charge < -0.3 is 9.47 Å². The van der Waals surface area contributed by atoms with Crippen molar-refractivity contribution in [3.05, 3.63) is 30.7 Å². The molecule has 176 valence electrons. The van der Waals surface area contributed by atoms with Crippen molar-refractivity contribution in [2.45, 2.75) is 85.2 Å². The first-order chi connectivity index (χ1) is 15.2. The van der Waals surface area contributed by atoms with Gasteiger partial charge >= 0.3 is 5.97 Å². The largest absolute Gasteiger partial charge is 0.477 e. The monoisotopic (exact) mass is 440 g/mol. The predicted octanol–water partition coefficient (Wildman–Crippen LogP) is 6.00. The molecule has 4 rings (SSSR count). The number of nitrogens with zero attached hydrogens (tertiary/aromatic N) is 2. The van der Waals surface area contributed by atoms with Gasteiger partial charge in [0, 0.05) is 31.2 Å². The van der Waals surface area contributed by atoms with Crippen molar-refractivity contribution in [2.24, 2.45) is 34.5 Å². The van der Waals surface area contributed by atoms with E-state index in [-0.39, 0.29) is 22.9 Å². The first-order valence-corrected chi connectivity index (χ1v) is 12.5. The Morgan fingerprint density at radius 1 is 1.19 bits per heavy atom. The fourth-order valence-corrected chi connectivity index (χ4v) is 7.28. The first kappa shape index (κ1) is 23.3. The van der Waals surface area contributed by atoms with Crippen molar-refractivity contribution >= 4 is 5.97 Å². The Bertz CT molecular complexity index is 827. The van der Waals surface area contributed by atoms with Crippen molar-refractivity contribution < 1.29 is 14.3 Å². The summed E-state index contributed by atoms with van der Waals surface area (Å²) in [5, 5.41) is 0. The van der Waals surface area contributed by atoms with Gasteiger partial charge in [-0.05, 0) is 67.6 Å². The van der Waals surface area contributed by atoms with Crippen LogP contribution in [-0.2, 0) is 9.53 Å². The van der Waals surface area contributed by atoms with Gasteiger partial charge in [-0.1, -0.05) is 39.3 Å². The molecule has 0 aliphatic heterocycles. The van der Waals surface area contributed by atoms with Crippen LogP contribution in [0.15, 0.2) is 30.7 Å². The van der Waals surface area contributed by atoms with Crippen LogP contribution in [0.5, 0.6) is 5.88 Å². The third-order valence-electron chi connectivity index (χ3n) is 9.35. The Balaban J connectivity index is 1.55.